The van der Waals surface area contributed by atoms with Crippen LogP contribution in [0.5, 0.6) is 0 Å². The van der Waals surface area contributed by atoms with E-state index in [-0.39, 0.29) is 30.7 Å². The van der Waals surface area contributed by atoms with Gasteiger partial charge in [0.15, 0.2) is 5.13 Å². The van der Waals surface area contributed by atoms with Gasteiger partial charge in [0, 0.05) is 42.5 Å². The maximum Gasteiger partial charge on any atom is 0.414 e. The summed E-state index contributed by atoms with van der Waals surface area (Å²) >= 11 is 1.63. The lowest BCUT2D eigenvalue weighted by Crippen LogP contribution is -2.56. The molecule has 1 saturated heterocycles. The summed E-state index contributed by atoms with van der Waals surface area (Å²) in [7, 11) is 0. The van der Waals surface area contributed by atoms with E-state index in [0.717, 1.165) is 42.3 Å². The molecule has 1 unspecified atom stereocenters. The molecule has 1 fully saturated rings. The number of piperidine rings is 1. The highest BCUT2D eigenvalue weighted by Gasteiger charge is 2.37. The highest BCUT2D eigenvalue weighted by Crippen LogP contribution is 2.34. The number of anilines is 2. The van der Waals surface area contributed by atoms with Gasteiger partial charge >= 0.3 is 6.09 Å². The van der Waals surface area contributed by atoms with Gasteiger partial charge in [-0.25, -0.2) is 14.2 Å². The van der Waals surface area contributed by atoms with Gasteiger partial charge in [0.2, 0.25) is 0 Å². The number of benzene rings is 1. The molecule has 6 nitrogen and oxygen atoms in total. The molecule has 0 radical (unpaired) electrons. The Kier molecular flexibility index (Phi) is 4.09. The van der Waals surface area contributed by atoms with Crippen LogP contribution in [0.1, 0.15) is 18.4 Å². The number of aromatic nitrogens is 1. The Morgan fingerprint density at radius 1 is 1.26 bits per heavy atom. The standard InChI is InChI=1S/C19H19FN4O2S/c20-14-1-2-16-13(11-14)12-26-19(25)24(16)15-3-7-22(8-4-15)17-5-9-23(17)18-21-6-10-27-18/h1-2,5-6,9-11,15,17H,3-4,7-8,12H2. The monoisotopic (exact) mass is 386 g/mol. The Bertz CT molecular complexity index is 880. The lowest BCUT2D eigenvalue weighted by molar-refractivity contribution is 0.127. The van der Waals surface area contributed by atoms with E-state index in [1.165, 1.54) is 12.1 Å². The molecule has 2 aromatic rings. The van der Waals surface area contributed by atoms with Crippen LogP contribution in [0.3, 0.4) is 0 Å². The van der Waals surface area contributed by atoms with Crippen LogP contribution in [0.2, 0.25) is 0 Å². The normalized spacial score (nSPS) is 23.1. The molecule has 0 saturated carbocycles. The fraction of sp³-hybridized carbons (Fsp3) is 0.368. The Balaban J connectivity index is 1.29. The van der Waals surface area contributed by atoms with Crippen molar-refractivity contribution in [3.8, 4) is 0 Å². The number of halogens is 1. The number of carbonyl (C=O) groups is 1. The van der Waals surface area contributed by atoms with E-state index in [0.29, 0.717) is 0 Å². The average Bonchev–Trinajstić information content (AvgIpc) is 3.16. The molecule has 3 aliphatic rings. The molecule has 1 atom stereocenters. The zero-order valence-electron chi connectivity index (χ0n) is 14.6. The lowest BCUT2D eigenvalue weighted by atomic mass is 9.99. The van der Waals surface area contributed by atoms with E-state index >= 15 is 0 Å². The summed E-state index contributed by atoms with van der Waals surface area (Å²) in [6.07, 6.45) is 7.64. The second kappa shape index (κ2) is 6.61. The van der Waals surface area contributed by atoms with E-state index in [1.807, 2.05) is 11.6 Å². The molecule has 3 aliphatic heterocycles. The van der Waals surface area contributed by atoms with Gasteiger partial charge in [-0.3, -0.25) is 9.80 Å². The Hall–Kier alpha value is -2.45. The average molecular weight is 386 g/mol. The van der Waals surface area contributed by atoms with Crippen molar-refractivity contribution in [1.29, 1.82) is 0 Å². The van der Waals surface area contributed by atoms with Gasteiger partial charge in [0.1, 0.15) is 18.6 Å². The number of thiazole rings is 1. The molecule has 8 heteroatoms. The fourth-order valence-corrected chi connectivity index (χ4v) is 4.69. The summed E-state index contributed by atoms with van der Waals surface area (Å²) in [6, 6.07) is 4.62. The number of amides is 1. The molecule has 0 aliphatic carbocycles. The zero-order chi connectivity index (χ0) is 18.4. The molecule has 0 bridgehead atoms. The number of hydrogen-bond donors (Lipinski definition) is 0. The number of fused-ring (bicyclic) bond motifs is 1. The second-order valence-corrected chi connectivity index (χ2v) is 7.81. The van der Waals surface area contributed by atoms with Crippen molar-refractivity contribution < 1.29 is 13.9 Å². The Morgan fingerprint density at radius 2 is 2.11 bits per heavy atom. The predicted molar refractivity (Wildman–Crippen MR) is 101 cm³/mol. The third kappa shape index (κ3) is 2.89. The predicted octanol–water partition coefficient (Wildman–Crippen LogP) is 3.56. The van der Waals surface area contributed by atoms with Crippen molar-refractivity contribution in [1.82, 2.24) is 9.88 Å². The number of likely N-dealkylation sites (tertiary alicyclic amines) is 1. The SMILES string of the molecule is O=C1OCc2cc(F)ccc2N1C1CCN(C2C=CN2c2nccs2)CC1. The molecule has 0 N–H and O–H groups in total. The first-order valence-corrected chi connectivity index (χ1v) is 9.93. The van der Waals surface area contributed by atoms with Gasteiger partial charge in [-0.15, -0.1) is 11.3 Å². The van der Waals surface area contributed by atoms with Crippen molar-refractivity contribution in [3.05, 3.63) is 53.4 Å². The van der Waals surface area contributed by atoms with Crippen LogP contribution in [0.15, 0.2) is 42.1 Å². The highest BCUT2D eigenvalue weighted by atomic mass is 32.1. The summed E-state index contributed by atoms with van der Waals surface area (Å²) in [5, 5.41) is 2.98. The molecule has 1 aromatic heterocycles. The Morgan fingerprint density at radius 3 is 2.81 bits per heavy atom. The maximum atomic E-state index is 13.5. The largest absolute Gasteiger partial charge is 0.444 e. The van der Waals surface area contributed by atoms with Gasteiger partial charge in [0.05, 0.1) is 5.69 Å². The molecule has 27 heavy (non-hydrogen) atoms. The summed E-state index contributed by atoms with van der Waals surface area (Å²) < 4.78 is 18.8. The molecule has 1 aromatic carbocycles. The van der Waals surface area contributed by atoms with Crippen molar-refractivity contribution in [3.63, 3.8) is 0 Å². The van der Waals surface area contributed by atoms with Crippen molar-refractivity contribution in [2.24, 2.45) is 0 Å². The van der Waals surface area contributed by atoms with E-state index in [9.17, 15) is 9.18 Å². The first-order valence-electron chi connectivity index (χ1n) is 9.05. The van der Waals surface area contributed by atoms with Crippen LogP contribution in [0, 0.1) is 5.82 Å². The van der Waals surface area contributed by atoms with Crippen LogP contribution >= 0.6 is 11.3 Å². The summed E-state index contributed by atoms with van der Waals surface area (Å²) in [4.78, 5) is 23.1. The lowest BCUT2D eigenvalue weighted by Gasteiger charge is -2.46. The number of cyclic esters (lactones) is 1. The zero-order valence-corrected chi connectivity index (χ0v) is 15.4. The van der Waals surface area contributed by atoms with Gasteiger partial charge in [-0.05, 0) is 37.1 Å². The number of nitrogens with zero attached hydrogens (tertiary/aromatic N) is 4. The van der Waals surface area contributed by atoms with Crippen molar-refractivity contribution in [2.45, 2.75) is 31.7 Å². The number of ether oxygens (including phenoxy) is 1. The minimum absolute atomic E-state index is 0.0654. The maximum absolute atomic E-state index is 13.5. The van der Waals surface area contributed by atoms with Gasteiger partial charge in [-0.1, -0.05) is 0 Å². The summed E-state index contributed by atoms with van der Waals surface area (Å²) in [5.74, 6) is -0.305. The third-order valence-corrected chi connectivity index (χ3v) is 6.22. The summed E-state index contributed by atoms with van der Waals surface area (Å²) in [6.45, 7) is 1.89. The molecule has 4 heterocycles. The second-order valence-electron chi connectivity index (χ2n) is 6.94. The summed E-state index contributed by atoms with van der Waals surface area (Å²) in [5.41, 5.74) is 1.51. The molecule has 140 valence electrons. The molecule has 5 rings (SSSR count). The minimum atomic E-state index is -0.333. The van der Waals surface area contributed by atoms with Crippen LogP contribution in [0.25, 0.3) is 0 Å². The number of hydrogen-bond acceptors (Lipinski definition) is 6. The van der Waals surface area contributed by atoms with E-state index in [2.05, 4.69) is 27.1 Å². The third-order valence-electron chi connectivity index (χ3n) is 5.43. The molecular formula is C19H19FN4O2S. The Labute approximate surface area is 160 Å². The van der Waals surface area contributed by atoms with E-state index in [1.54, 1.807) is 22.3 Å². The van der Waals surface area contributed by atoms with Crippen molar-refractivity contribution >= 4 is 28.2 Å². The van der Waals surface area contributed by atoms with Crippen LogP contribution < -0.4 is 9.80 Å². The first kappa shape index (κ1) is 16.7. The van der Waals surface area contributed by atoms with Crippen LogP contribution in [-0.4, -0.2) is 41.3 Å². The minimum Gasteiger partial charge on any atom is -0.444 e. The fourth-order valence-electron chi connectivity index (χ4n) is 4.03. The van der Waals surface area contributed by atoms with Crippen LogP contribution in [-0.2, 0) is 11.3 Å². The van der Waals surface area contributed by atoms with E-state index in [4.69, 9.17) is 4.74 Å². The molecular weight excluding hydrogens is 367 g/mol. The van der Waals surface area contributed by atoms with E-state index < -0.39 is 0 Å². The molecule has 0 spiro atoms. The van der Waals surface area contributed by atoms with Crippen LogP contribution in [0.4, 0.5) is 20.0 Å². The van der Waals surface area contributed by atoms with Crippen molar-refractivity contribution in [2.75, 3.05) is 22.9 Å². The first-order chi connectivity index (χ1) is 13.2. The topological polar surface area (TPSA) is 48.9 Å². The number of carbonyl (C=O) groups excluding carboxylic acids is 1. The van der Waals surface area contributed by atoms with Gasteiger partial charge in [-0.2, -0.15) is 0 Å². The highest BCUT2D eigenvalue weighted by molar-refractivity contribution is 7.13. The number of rotatable bonds is 3. The smallest absolute Gasteiger partial charge is 0.414 e. The van der Waals surface area contributed by atoms with Gasteiger partial charge in [0.25, 0.3) is 0 Å². The molecule has 1 amide bonds. The quantitative estimate of drug-likeness (QED) is 0.807. The van der Waals surface area contributed by atoms with Gasteiger partial charge < -0.3 is 9.64 Å².